The number of carbonyl (C=O) groups excluding carboxylic acids is 1. The first kappa shape index (κ1) is 24.1. The van der Waals surface area contributed by atoms with E-state index < -0.39 is 0 Å². The second-order valence-corrected chi connectivity index (χ2v) is 5.54. The van der Waals surface area contributed by atoms with Crippen LogP contribution in [0, 0.1) is 0 Å². The third-order valence-corrected chi connectivity index (χ3v) is 3.93. The lowest BCUT2D eigenvalue weighted by molar-refractivity contribution is -0.137. The monoisotopic (exact) mass is 359 g/mol. The molecule has 0 aliphatic carbocycles. The molecule has 0 aromatic heterocycles. The van der Waals surface area contributed by atoms with E-state index in [1.165, 1.54) is 0 Å². The third-order valence-electron chi connectivity index (χ3n) is 3.93. The van der Waals surface area contributed by atoms with Crippen molar-refractivity contribution in [1.29, 1.82) is 0 Å². The van der Waals surface area contributed by atoms with Crippen molar-refractivity contribution in [1.82, 2.24) is 9.80 Å². The van der Waals surface area contributed by atoms with E-state index in [-0.39, 0.29) is 42.9 Å². The third kappa shape index (κ3) is 7.44. The lowest BCUT2D eigenvalue weighted by Crippen LogP contribution is -2.56. The highest BCUT2D eigenvalue weighted by Crippen LogP contribution is 2.15. The van der Waals surface area contributed by atoms with Crippen molar-refractivity contribution in [3.05, 3.63) is 0 Å². The van der Waals surface area contributed by atoms with Gasteiger partial charge in [0.1, 0.15) is 0 Å². The Labute approximate surface area is 146 Å². The molecule has 0 aromatic carbocycles. The van der Waals surface area contributed by atoms with E-state index in [1.54, 1.807) is 14.0 Å². The van der Waals surface area contributed by atoms with Crippen LogP contribution in [0.25, 0.3) is 0 Å². The maximum Gasteiger partial charge on any atom is 0.225 e. The Morgan fingerprint density at radius 1 is 1.41 bits per heavy atom. The van der Waals surface area contributed by atoms with Gasteiger partial charge in [0.05, 0.1) is 18.6 Å². The van der Waals surface area contributed by atoms with E-state index in [1.807, 2.05) is 4.90 Å². The highest BCUT2D eigenvalue weighted by molar-refractivity contribution is 5.85. The van der Waals surface area contributed by atoms with E-state index in [4.69, 9.17) is 10.5 Å². The molecule has 3 unspecified atom stereocenters. The summed E-state index contributed by atoms with van der Waals surface area (Å²) in [6, 6.07) is 0.321. The molecule has 1 aliphatic heterocycles. The van der Waals surface area contributed by atoms with Gasteiger partial charge in [-0.3, -0.25) is 9.69 Å². The minimum atomic E-state index is -0.332. The van der Waals surface area contributed by atoms with Crippen LogP contribution in [0.2, 0.25) is 0 Å². The number of β-amino-alcohol motifs (C(OH)–C–C–N with tert-alkyl or cyclic N) is 1. The fourth-order valence-corrected chi connectivity index (χ4v) is 2.67. The molecule has 1 amide bonds. The Morgan fingerprint density at radius 3 is 2.50 bits per heavy atom. The molecule has 0 spiro atoms. The summed E-state index contributed by atoms with van der Waals surface area (Å²) < 4.78 is 5.17. The zero-order valence-corrected chi connectivity index (χ0v) is 15.4. The Balaban J connectivity index is 0. The van der Waals surface area contributed by atoms with Crippen molar-refractivity contribution in [3.8, 4) is 0 Å². The smallest absolute Gasteiger partial charge is 0.225 e. The van der Waals surface area contributed by atoms with E-state index in [9.17, 15) is 9.90 Å². The molecule has 8 heteroatoms. The molecule has 0 bridgehead atoms. The van der Waals surface area contributed by atoms with Crippen molar-refractivity contribution >= 4 is 30.7 Å². The summed E-state index contributed by atoms with van der Waals surface area (Å²) in [5.74, 6) is 0.109. The quantitative estimate of drug-likeness (QED) is 0.691. The van der Waals surface area contributed by atoms with Gasteiger partial charge in [-0.25, -0.2) is 0 Å². The van der Waals surface area contributed by atoms with Crippen LogP contribution in [0.4, 0.5) is 0 Å². The first-order valence-electron chi connectivity index (χ1n) is 7.44. The van der Waals surface area contributed by atoms with Crippen LogP contribution < -0.4 is 5.73 Å². The highest BCUT2D eigenvalue weighted by atomic mass is 35.5. The first-order valence-corrected chi connectivity index (χ1v) is 7.44. The van der Waals surface area contributed by atoms with Crippen LogP contribution in [0.1, 0.15) is 26.7 Å². The largest absolute Gasteiger partial charge is 0.392 e. The van der Waals surface area contributed by atoms with Crippen molar-refractivity contribution in [3.63, 3.8) is 0 Å². The Kier molecular flexibility index (Phi) is 13.5. The number of hydrogen-bond acceptors (Lipinski definition) is 5. The van der Waals surface area contributed by atoms with Gasteiger partial charge in [-0.15, -0.1) is 24.8 Å². The molecule has 3 atom stereocenters. The van der Waals surface area contributed by atoms with Crippen LogP contribution in [0.3, 0.4) is 0 Å². The van der Waals surface area contributed by atoms with E-state index >= 15 is 0 Å². The van der Waals surface area contributed by atoms with Crippen molar-refractivity contribution < 1.29 is 14.6 Å². The molecule has 1 heterocycles. The van der Waals surface area contributed by atoms with Crippen LogP contribution in [-0.4, -0.2) is 78.9 Å². The number of nitrogens with two attached hydrogens (primary N) is 1. The number of amides is 1. The zero-order valence-electron chi connectivity index (χ0n) is 13.7. The summed E-state index contributed by atoms with van der Waals surface area (Å²) in [5, 5.41) is 9.52. The Bertz CT molecular complexity index is 305. The van der Waals surface area contributed by atoms with Crippen molar-refractivity contribution in [2.75, 3.05) is 39.8 Å². The van der Waals surface area contributed by atoms with Crippen molar-refractivity contribution in [2.24, 2.45) is 5.73 Å². The molecule has 1 saturated heterocycles. The minimum Gasteiger partial charge on any atom is -0.392 e. The molecule has 6 nitrogen and oxygen atoms in total. The topological polar surface area (TPSA) is 79.0 Å². The summed E-state index contributed by atoms with van der Waals surface area (Å²) in [5.41, 5.74) is 5.56. The predicted molar refractivity (Wildman–Crippen MR) is 92.9 cm³/mol. The average molecular weight is 360 g/mol. The Morgan fingerprint density at radius 2 is 2.05 bits per heavy atom. The molecule has 0 saturated carbocycles. The number of halogens is 2. The number of hydrogen-bond donors (Lipinski definition) is 2. The lowest BCUT2D eigenvalue weighted by atomic mass is 10.1. The van der Waals surface area contributed by atoms with Crippen molar-refractivity contribution in [2.45, 2.75) is 44.9 Å². The molecule has 1 aliphatic rings. The Hall–Kier alpha value is -0.110. The SMILES string of the molecule is CCC1CN(C(=O)CC(CN)OC)CCN1CC(C)O.Cl.Cl. The predicted octanol–water partition coefficient (Wildman–Crippen LogP) is 0.497. The number of rotatable bonds is 7. The van der Waals surface area contributed by atoms with E-state index in [0.29, 0.717) is 32.1 Å². The minimum absolute atomic E-state index is 0. The van der Waals surface area contributed by atoms with Gasteiger partial charge in [-0.2, -0.15) is 0 Å². The van der Waals surface area contributed by atoms with E-state index in [0.717, 1.165) is 19.5 Å². The molecular weight excluding hydrogens is 329 g/mol. The average Bonchev–Trinajstić information content (AvgIpc) is 2.44. The van der Waals surface area contributed by atoms with E-state index in [2.05, 4.69) is 11.8 Å². The van der Waals surface area contributed by atoms with Gasteiger partial charge in [0.2, 0.25) is 5.91 Å². The standard InChI is InChI=1S/C14H29N3O3.2ClH/c1-4-12-10-17(6-5-16(12)9-11(2)18)14(19)7-13(8-15)20-3;;/h11-13,18H,4-10,15H2,1-3H3;2*1H. The number of piperazine rings is 1. The summed E-state index contributed by atoms with van der Waals surface area (Å²) in [7, 11) is 1.58. The summed E-state index contributed by atoms with van der Waals surface area (Å²) in [6.45, 7) is 7.20. The van der Waals surface area contributed by atoms with Gasteiger partial charge < -0.3 is 20.5 Å². The molecule has 134 valence electrons. The number of ether oxygens (including phenoxy) is 1. The molecule has 1 rings (SSSR count). The first-order chi connectivity index (χ1) is 9.51. The van der Waals surface area contributed by atoms with Crippen LogP contribution in [-0.2, 0) is 9.53 Å². The van der Waals surface area contributed by atoms with Gasteiger partial charge in [0.25, 0.3) is 0 Å². The van der Waals surface area contributed by atoms with Gasteiger partial charge in [0, 0.05) is 45.9 Å². The molecule has 22 heavy (non-hydrogen) atoms. The number of aliphatic hydroxyl groups is 1. The van der Waals surface area contributed by atoms with Crippen LogP contribution >= 0.6 is 24.8 Å². The molecule has 0 radical (unpaired) electrons. The van der Waals surface area contributed by atoms with Gasteiger partial charge in [0.15, 0.2) is 0 Å². The second-order valence-electron chi connectivity index (χ2n) is 5.54. The van der Waals surface area contributed by atoms with Crippen LogP contribution in [0.5, 0.6) is 0 Å². The zero-order chi connectivity index (χ0) is 15.1. The normalized spacial score (nSPS) is 21.5. The molecule has 0 aromatic rings. The highest BCUT2D eigenvalue weighted by Gasteiger charge is 2.29. The van der Waals surface area contributed by atoms with Gasteiger partial charge >= 0.3 is 0 Å². The molecular formula is C14H31Cl2N3O3. The molecule has 3 N–H and O–H groups in total. The van der Waals surface area contributed by atoms with Crippen LogP contribution in [0.15, 0.2) is 0 Å². The lowest BCUT2D eigenvalue weighted by Gasteiger charge is -2.42. The maximum absolute atomic E-state index is 12.2. The molecule has 1 fully saturated rings. The number of carbonyl (C=O) groups is 1. The fraction of sp³-hybridized carbons (Fsp3) is 0.929. The number of methoxy groups -OCH3 is 1. The van der Waals surface area contributed by atoms with Gasteiger partial charge in [-0.1, -0.05) is 6.92 Å². The summed E-state index contributed by atoms with van der Waals surface area (Å²) >= 11 is 0. The second kappa shape index (κ2) is 12.3. The summed E-state index contributed by atoms with van der Waals surface area (Å²) in [6.07, 6.45) is 0.792. The number of nitrogens with zero attached hydrogens (tertiary/aromatic N) is 2. The number of aliphatic hydroxyl groups excluding tert-OH is 1. The fourth-order valence-electron chi connectivity index (χ4n) is 2.67. The van der Waals surface area contributed by atoms with Gasteiger partial charge in [-0.05, 0) is 13.3 Å². The maximum atomic E-state index is 12.2. The summed E-state index contributed by atoms with van der Waals surface area (Å²) in [4.78, 5) is 16.4.